The molecule has 0 fully saturated rings. The number of rotatable bonds is 1. The molecule has 3 heteroatoms. The Hall–Kier alpha value is -0.930. The van der Waals surface area contributed by atoms with Gasteiger partial charge in [0.25, 0.3) is 0 Å². The smallest absolute Gasteiger partial charge is 0.126 e. The standard InChI is InChI=1S/C5H8.C3H6O.C2H6O.H3N/c1-4-5(2)3;1-3(2)4;1-2-3;/h4H,1-2H2,3H3;1-2H3;3H,2H2,1H3;1H3. The van der Waals surface area contributed by atoms with Gasteiger partial charge in [0.05, 0.1) is 0 Å². The van der Waals surface area contributed by atoms with E-state index in [4.69, 9.17) is 5.11 Å². The number of carbonyl (C=O) groups excluding carboxylic acids is 1. The highest BCUT2D eigenvalue weighted by atomic mass is 16.2. The molecule has 0 bridgehead atoms. The maximum Gasteiger partial charge on any atom is 0.126 e. The Bertz CT molecular complexity index is 127. The Morgan fingerprint density at radius 1 is 1.38 bits per heavy atom. The Balaban J connectivity index is -0.0000000465. The number of ketones is 1. The van der Waals surface area contributed by atoms with Gasteiger partial charge in [-0.3, -0.25) is 0 Å². The van der Waals surface area contributed by atoms with Crippen LogP contribution in [0.2, 0.25) is 0 Å². The normalized spacial score (nSPS) is 5.92. The molecule has 0 radical (unpaired) electrons. The van der Waals surface area contributed by atoms with E-state index in [-0.39, 0.29) is 18.5 Å². The predicted octanol–water partition coefficient (Wildman–Crippen LogP) is 2.50. The molecule has 0 saturated heterocycles. The van der Waals surface area contributed by atoms with Crippen molar-refractivity contribution in [2.45, 2.75) is 27.7 Å². The van der Waals surface area contributed by atoms with Crippen LogP contribution in [0.5, 0.6) is 0 Å². The quantitative estimate of drug-likeness (QED) is 0.622. The summed E-state index contributed by atoms with van der Waals surface area (Å²) in [5.41, 5.74) is 1.02. The Morgan fingerprint density at radius 3 is 1.46 bits per heavy atom. The Labute approximate surface area is 81.7 Å². The van der Waals surface area contributed by atoms with Crippen LogP contribution in [-0.4, -0.2) is 17.5 Å². The number of aliphatic hydroxyl groups is 1. The van der Waals surface area contributed by atoms with Crippen LogP contribution < -0.4 is 6.15 Å². The van der Waals surface area contributed by atoms with Crippen LogP contribution in [0.25, 0.3) is 0 Å². The lowest BCUT2D eigenvalue weighted by atomic mass is 10.4. The SMILES string of the molecule is C=CC(=C)C.CC(C)=O.CCO.N. The van der Waals surface area contributed by atoms with Crippen molar-refractivity contribution in [1.82, 2.24) is 6.15 Å². The van der Waals surface area contributed by atoms with Crippen LogP contribution in [-0.2, 0) is 4.79 Å². The summed E-state index contributed by atoms with van der Waals surface area (Å²) in [6.07, 6.45) is 1.72. The number of hydrogen-bond donors (Lipinski definition) is 2. The van der Waals surface area contributed by atoms with Crippen LogP contribution in [0.4, 0.5) is 0 Å². The molecule has 13 heavy (non-hydrogen) atoms. The zero-order valence-corrected chi connectivity index (χ0v) is 9.26. The van der Waals surface area contributed by atoms with Crippen molar-refractivity contribution in [3.63, 3.8) is 0 Å². The number of allylic oxidation sites excluding steroid dienone is 2. The molecule has 0 aromatic rings. The highest BCUT2D eigenvalue weighted by Gasteiger charge is 1.62. The molecule has 0 unspecified atom stereocenters. The minimum atomic E-state index is 0. The molecule has 0 spiro atoms. The minimum absolute atomic E-state index is 0. The molecular formula is C10H23NO2. The van der Waals surface area contributed by atoms with Gasteiger partial charge < -0.3 is 16.1 Å². The van der Waals surface area contributed by atoms with E-state index in [1.54, 1.807) is 13.0 Å². The summed E-state index contributed by atoms with van der Waals surface area (Å²) in [6, 6.07) is 0. The molecule has 0 aliphatic rings. The topological polar surface area (TPSA) is 72.3 Å². The van der Waals surface area contributed by atoms with E-state index in [2.05, 4.69) is 13.2 Å². The molecule has 0 aliphatic carbocycles. The lowest BCUT2D eigenvalue weighted by Gasteiger charge is -1.71. The van der Waals surface area contributed by atoms with Crippen molar-refractivity contribution in [2.75, 3.05) is 6.61 Å². The van der Waals surface area contributed by atoms with Gasteiger partial charge in [0.1, 0.15) is 5.78 Å². The molecule has 0 heterocycles. The van der Waals surface area contributed by atoms with Crippen molar-refractivity contribution in [3.8, 4) is 0 Å². The fraction of sp³-hybridized carbons (Fsp3) is 0.500. The van der Waals surface area contributed by atoms with Crippen LogP contribution in [0.3, 0.4) is 0 Å². The summed E-state index contributed by atoms with van der Waals surface area (Å²) in [5.74, 6) is 0.167. The van der Waals surface area contributed by atoms with Gasteiger partial charge >= 0.3 is 0 Å². The van der Waals surface area contributed by atoms with Gasteiger partial charge in [-0.05, 0) is 27.7 Å². The minimum Gasteiger partial charge on any atom is -0.397 e. The average Bonchev–Trinajstić information content (AvgIpc) is 1.88. The van der Waals surface area contributed by atoms with E-state index in [9.17, 15) is 4.79 Å². The fourth-order valence-electron chi connectivity index (χ4n) is 0. The summed E-state index contributed by atoms with van der Waals surface area (Å²) in [7, 11) is 0. The van der Waals surface area contributed by atoms with Crippen molar-refractivity contribution in [3.05, 3.63) is 24.8 Å². The lowest BCUT2D eigenvalue weighted by Crippen LogP contribution is -1.69. The summed E-state index contributed by atoms with van der Waals surface area (Å²) in [5, 5.41) is 7.57. The third-order valence-electron chi connectivity index (χ3n) is 0.348. The van der Waals surface area contributed by atoms with Gasteiger partial charge in [-0.2, -0.15) is 0 Å². The fourth-order valence-corrected chi connectivity index (χ4v) is 0. The summed E-state index contributed by atoms with van der Waals surface area (Å²) >= 11 is 0. The molecule has 3 nitrogen and oxygen atoms in total. The molecule has 0 rings (SSSR count). The molecule has 0 amide bonds. The maximum absolute atomic E-state index is 9.44. The third kappa shape index (κ3) is 795. The maximum atomic E-state index is 9.44. The van der Waals surface area contributed by atoms with E-state index in [1.165, 1.54) is 13.8 Å². The predicted molar refractivity (Wildman–Crippen MR) is 59.1 cm³/mol. The van der Waals surface area contributed by atoms with E-state index in [1.807, 2.05) is 6.92 Å². The first-order valence-corrected chi connectivity index (χ1v) is 3.78. The zero-order valence-electron chi connectivity index (χ0n) is 9.26. The van der Waals surface area contributed by atoms with Gasteiger partial charge in [-0.1, -0.05) is 24.8 Å². The second-order valence-corrected chi connectivity index (χ2v) is 2.27. The molecular weight excluding hydrogens is 166 g/mol. The second kappa shape index (κ2) is 22.5. The van der Waals surface area contributed by atoms with E-state index in [0.717, 1.165) is 5.57 Å². The number of hydrogen-bond acceptors (Lipinski definition) is 3. The van der Waals surface area contributed by atoms with Crippen molar-refractivity contribution in [1.29, 1.82) is 0 Å². The lowest BCUT2D eigenvalue weighted by molar-refractivity contribution is -0.114. The van der Waals surface area contributed by atoms with E-state index < -0.39 is 0 Å². The summed E-state index contributed by atoms with van der Waals surface area (Å²) in [4.78, 5) is 9.44. The van der Waals surface area contributed by atoms with E-state index >= 15 is 0 Å². The van der Waals surface area contributed by atoms with Crippen molar-refractivity contribution >= 4 is 5.78 Å². The first kappa shape index (κ1) is 22.7. The van der Waals surface area contributed by atoms with E-state index in [0.29, 0.717) is 0 Å². The van der Waals surface area contributed by atoms with Gasteiger partial charge in [-0.15, -0.1) is 0 Å². The largest absolute Gasteiger partial charge is 0.397 e. The third-order valence-corrected chi connectivity index (χ3v) is 0.348. The van der Waals surface area contributed by atoms with Crippen molar-refractivity contribution in [2.24, 2.45) is 0 Å². The highest BCUT2D eigenvalue weighted by molar-refractivity contribution is 5.72. The van der Waals surface area contributed by atoms with Crippen LogP contribution in [0, 0.1) is 0 Å². The molecule has 80 valence electrons. The molecule has 4 N–H and O–H groups in total. The van der Waals surface area contributed by atoms with Crippen LogP contribution in [0.1, 0.15) is 27.7 Å². The van der Waals surface area contributed by atoms with Gasteiger partial charge in [0, 0.05) is 6.61 Å². The average molecular weight is 189 g/mol. The highest BCUT2D eigenvalue weighted by Crippen LogP contribution is 1.81. The van der Waals surface area contributed by atoms with Gasteiger partial charge in [0.15, 0.2) is 0 Å². The molecule has 0 atom stereocenters. The van der Waals surface area contributed by atoms with Crippen LogP contribution in [0.15, 0.2) is 24.8 Å². The van der Waals surface area contributed by atoms with Gasteiger partial charge in [-0.25, -0.2) is 0 Å². The number of carbonyl (C=O) groups is 1. The van der Waals surface area contributed by atoms with Crippen molar-refractivity contribution < 1.29 is 9.90 Å². The molecule has 0 aromatic heterocycles. The first-order valence-electron chi connectivity index (χ1n) is 3.78. The summed E-state index contributed by atoms with van der Waals surface area (Å²) < 4.78 is 0. The molecule has 0 aromatic carbocycles. The Morgan fingerprint density at radius 2 is 1.46 bits per heavy atom. The monoisotopic (exact) mass is 189 g/mol. The molecule has 0 aliphatic heterocycles. The Kier molecular flexibility index (Phi) is 39.2. The second-order valence-electron chi connectivity index (χ2n) is 2.27. The zero-order chi connectivity index (χ0) is 10.6. The summed E-state index contributed by atoms with van der Waals surface area (Å²) in [6.45, 7) is 13.9. The van der Waals surface area contributed by atoms with Crippen LogP contribution >= 0.6 is 0 Å². The number of Topliss-reactive ketones (excluding diaryl/α,β-unsaturated/α-hetero) is 1. The molecule has 0 saturated carbocycles. The van der Waals surface area contributed by atoms with Gasteiger partial charge in [0.2, 0.25) is 0 Å². The first-order chi connectivity index (χ1) is 5.42. The number of aliphatic hydroxyl groups excluding tert-OH is 1.